The summed E-state index contributed by atoms with van der Waals surface area (Å²) in [5, 5.41) is 8.12. The molecule has 0 aliphatic heterocycles. The van der Waals surface area contributed by atoms with Gasteiger partial charge in [0, 0.05) is 11.6 Å². The smallest absolute Gasteiger partial charge is 0.251 e. The maximum atomic E-state index is 12.4. The molecule has 0 saturated heterocycles. The molecule has 0 bridgehead atoms. The fourth-order valence-corrected chi connectivity index (χ4v) is 2.91. The largest absolute Gasteiger partial charge is 0.349 e. The van der Waals surface area contributed by atoms with Gasteiger partial charge in [0.1, 0.15) is 0 Å². The standard InChI is InChI=1S/C15H22N2O3S/c1-3-12(8-11-5-6-11)17-15(18)14-9-13(21(16,19)20)7-4-10(14)2/h4,7,9,11-12H,3,5-6,8H2,1-2H3,(H,17,18)(H2,16,19,20). The molecule has 6 heteroatoms. The number of sulfonamides is 1. The number of rotatable bonds is 6. The Bertz CT molecular complexity index is 636. The lowest BCUT2D eigenvalue weighted by atomic mass is 10.0. The van der Waals surface area contributed by atoms with Gasteiger partial charge in [-0.05, 0) is 43.4 Å². The van der Waals surface area contributed by atoms with Gasteiger partial charge in [-0.3, -0.25) is 4.79 Å². The summed E-state index contributed by atoms with van der Waals surface area (Å²) < 4.78 is 22.8. The third kappa shape index (κ3) is 4.28. The summed E-state index contributed by atoms with van der Waals surface area (Å²) in [4.78, 5) is 12.3. The maximum absolute atomic E-state index is 12.4. The molecule has 0 spiro atoms. The quantitative estimate of drug-likeness (QED) is 0.841. The fourth-order valence-electron chi connectivity index (χ4n) is 2.37. The number of hydrogen-bond donors (Lipinski definition) is 2. The number of hydrogen-bond acceptors (Lipinski definition) is 3. The van der Waals surface area contributed by atoms with E-state index in [2.05, 4.69) is 5.32 Å². The number of carbonyl (C=O) groups excluding carboxylic acids is 1. The third-order valence-electron chi connectivity index (χ3n) is 3.92. The van der Waals surface area contributed by atoms with Gasteiger partial charge in [0.05, 0.1) is 4.90 Å². The van der Waals surface area contributed by atoms with E-state index < -0.39 is 10.0 Å². The predicted octanol–water partition coefficient (Wildman–Crippen LogP) is 1.95. The average molecular weight is 310 g/mol. The second-order valence-corrected chi connectivity index (χ2v) is 7.34. The highest BCUT2D eigenvalue weighted by Gasteiger charge is 2.26. The van der Waals surface area contributed by atoms with E-state index in [9.17, 15) is 13.2 Å². The zero-order valence-corrected chi connectivity index (χ0v) is 13.2. The normalized spacial score (nSPS) is 16.5. The van der Waals surface area contributed by atoms with Crippen molar-refractivity contribution in [3.05, 3.63) is 29.3 Å². The molecule has 116 valence electrons. The molecular formula is C15H22N2O3S. The first-order valence-corrected chi connectivity index (χ1v) is 8.80. The molecule has 1 atom stereocenters. The van der Waals surface area contributed by atoms with Gasteiger partial charge in [-0.15, -0.1) is 0 Å². The Hall–Kier alpha value is -1.40. The number of nitrogens with one attached hydrogen (secondary N) is 1. The maximum Gasteiger partial charge on any atom is 0.251 e. The highest BCUT2D eigenvalue weighted by molar-refractivity contribution is 7.89. The SMILES string of the molecule is CCC(CC1CC1)NC(=O)c1cc(S(N)(=O)=O)ccc1C. The highest BCUT2D eigenvalue weighted by Crippen LogP contribution is 2.34. The van der Waals surface area contributed by atoms with Crippen molar-refractivity contribution in [2.24, 2.45) is 11.1 Å². The fraction of sp³-hybridized carbons (Fsp3) is 0.533. The van der Waals surface area contributed by atoms with Gasteiger partial charge in [0.2, 0.25) is 10.0 Å². The molecule has 1 aliphatic carbocycles. The number of nitrogens with two attached hydrogens (primary N) is 1. The average Bonchev–Trinajstić information content (AvgIpc) is 3.20. The van der Waals surface area contributed by atoms with Crippen LogP contribution in [0.1, 0.15) is 48.5 Å². The zero-order chi connectivity index (χ0) is 15.6. The van der Waals surface area contributed by atoms with Crippen molar-refractivity contribution < 1.29 is 13.2 Å². The molecule has 1 fully saturated rings. The molecular weight excluding hydrogens is 288 g/mol. The molecule has 1 aromatic carbocycles. The number of aryl methyl sites for hydroxylation is 1. The minimum Gasteiger partial charge on any atom is -0.349 e. The molecule has 21 heavy (non-hydrogen) atoms. The van der Waals surface area contributed by atoms with E-state index in [0.717, 1.165) is 24.3 Å². The third-order valence-corrected chi connectivity index (χ3v) is 4.84. The van der Waals surface area contributed by atoms with Gasteiger partial charge in [-0.1, -0.05) is 25.8 Å². The number of benzene rings is 1. The van der Waals surface area contributed by atoms with Crippen LogP contribution in [-0.4, -0.2) is 20.4 Å². The van der Waals surface area contributed by atoms with Crippen molar-refractivity contribution in [3.63, 3.8) is 0 Å². The van der Waals surface area contributed by atoms with Crippen LogP contribution in [0.4, 0.5) is 0 Å². The first kappa shape index (κ1) is 16.0. The molecule has 1 aliphatic rings. The van der Waals surface area contributed by atoms with E-state index in [4.69, 9.17) is 5.14 Å². The molecule has 2 rings (SSSR count). The second kappa shape index (κ2) is 6.15. The Kier molecular flexibility index (Phi) is 4.68. The lowest BCUT2D eigenvalue weighted by molar-refractivity contribution is 0.0932. The van der Waals surface area contributed by atoms with Gasteiger partial charge >= 0.3 is 0 Å². The van der Waals surface area contributed by atoms with Crippen molar-refractivity contribution in [1.82, 2.24) is 5.32 Å². The summed E-state index contributed by atoms with van der Waals surface area (Å²) in [6.07, 6.45) is 4.35. The van der Waals surface area contributed by atoms with E-state index in [1.54, 1.807) is 13.0 Å². The lowest BCUT2D eigenvalue weighted by Gasteiger charge is -2.17. The van der Waals surface area contributed by atoms with Gasteiger partial charge in [-0.25, -0.2) is 13.6 Å². The summed E-state index contributed by atoms with van der Waals surface area (Å²) in [5.74, 6) is 0.498. The zero-order valence-electron chi connectivity index (χ0n) is 12.4. The number of amides is 1. The Morgan fingerprint density at radius 3 is 2.62 bits per heavy atom. The van der Waals surface area contributed by atoms with Crippen molar-refractivity contribution in [1.29, 1.82) is 0 Å². The van der Waals surface area contributed by atoms with Crippen LogP contribution in [0.2, 0.25) is 0 Å². The van der Waals surface area contributed by atoms with E-state index in [1.165, 1.54) is 25.0 Å². The van der Waals surface area contributed by atoms with Gasteiger partial charge < -0.3 is 5.32 Å². The van der Waals surface area contributed by atoms with E-state index in [-0.39, 0.29) is 16.8 Å². The molecule has 1 aromatic rings. The second-order valence-electron chi connectivity index (χ2n) is 5.78. The van der Waals surface area contributed by atoms with E-state index in [1.807, 2.05) is 6.92 Å². The van der Waals surface area contributed by atoms with Crippen molar-refractivity contribution in [2.45, 2.75) is 50.5 Å². The highest BCUT2D eigenvalue weighted by atomic mass is 32.2. The molecule has 3 N–H and O–H groups in total. The molecule has 0 radical (unpaired) electrons. The van der Waals surface area contributed by atoms with E-state index >= 15 is 0 Å². The minimum absolute atomic E-state index is 0.0338. The van der Waals surface area contributed by atoms with Gasteiger partial charge in [0.15, 0.2) is 0 Å². The molecule has 1 saturated carbocycles. The first-order valence-electron chi connectivity index (χ1n) is 7.25. The summed E-state index contributed by atoms with van der Waals surface area (Å²) in [7, 11) is -3.80. The van der Waals surface area contributed by atoms with Crippen LogP contribution in [0.3, 0.4) is 0 Å². The minimum atomic E-state index is -3.80. The Morgan fingerprint density at radius 2 is 2.10 bits per heavy atom. The monoisotopic (exact) mass is 310 g/mol. The van der Waals surface area contributed by atoms with Crippen LogP contribution >= 0.6 is 0 Å². The van der Waals surface area contributed by atoms with Crippen LogP contribution in [0.15, 0.2) is 23.1 Å². The summed E-state index contributed by atoms with van der Waals surface area (Å²) in [6.45, 7) is 3.82. The molecule has 0 aromatic heterocycles. The molecule has 0 heterocycles. The lowest BCUT2D eigenvalue weighted by Crippen LogP contribution is -2.35. The Labute approximate surface area is 126 Å². The van der Waals surface area contributed by atoms with Crippen molar-refractivity contribution in [3.8, 4) is 0 Å². The summed E-state index contributed by atoms with van der Waals surface area (Å²) in [5.41, 5.74) is 1.11. The van der Waals surface area contributed by atoms with Gasteiger partial charge in [-0.2, -0.15) is 0 Å². The van der Waals surface area contributed by atoms with Crippen molar-refractivity contribution in [2.75, 3.05) is 0 Å². The van der Waals surface area contributed by atoms with Crippen LogP contribution in [-0.2, 0) is 10.0 Å². The Morgan fingerprint density at radius 1 is 1.43 bits per heavy atom. The van der Waals surface area contributed by atoms with Crippen LogP contribution in [0.25, 0.3) is 0 Å². The number of primary sulfonamides is 1. The first-order chi connectivity index (χ1) is 9.81. The topological polar surface area (TPSA) is 89.3 Å². The molecule has 1 unspecified atom stereocenters. The van der Waals surface area contributed by atoms with Crippen LogP contribution in [0.5, 0.6) is 0 Å². The van der Waals surface area contributed by atoms with Crippen LogP contribution < -0.4 is 10.5 Å². The van der Waals surface area contributed by atoms with E-state index in [0.29, 0.717) is 5.56 Å². The summed E-state index contributed by atoms with van der Waals surface area (Å²) in [6, 6.07) is 4.52. The van der Waals surface area contributed by atoms with Crippen LogP contribution in [0, 0.1) is 12.8 Å². The van der Waals surface area contributed by atoms with Gasteiger partial charge in [0.25, 0.3) is 5.91 Å². The Balaban J connectivity index is 2.17. The molecule has 1 amide bonds. The summed E-state index contributed by atoms with van der Waals surface area (Å²) >= 11 is 0. The van der Waals surface area contributed by atoms with Crippen molar-refractivity contribution >= 4 is 15.9 Å². The molecule has 5 nitrogen and oxygen atoms in total. The predicted molar refractivity (Wildman–Crippen MR) is 81.4 cm³/mol. The number of carbonyl (C=O) groups is 1.